The summed E-state index contributed by atoms with van der Waals surface area (Å²) in [4.78, 5) is 42.2. The van der Waals surface area contributed by atoms with Crippen molar-refractivity contribution in [2.45, 2.75) is 6.54 Å². The number of pyridine rings is 3. The summed E-state index contributed by atoms with van der Waals surface area (Å²) in [6.07, 6.45) is 6.44. The predicted octanol–water partition coefficient (Wildman–Crippen LogP) is 3.99. The van der Waals surface area contributed by atoms with Gasteiger partial charge in [-0.25, -0.2) is 15.0 Å². The van der Waals surface area contributed by atoms with Gasteiger partial charge in [0.15, 0.2) is 5.65 Å². The van der Waals surface area contributed by atoms with Crippen LogP contribution < -0.4 is 10.7 Å². The monoisotopic (exact) mass is 496 g/mol. The number of hydrogen-bond donors (Lipinski definition) is 2. The fourth-order valence-corrected chi connectivity index (χ4v) is 4.17. The minimum Gasteiger partial charge on any atom is -0.348 e. The summed E-state index contributed by atoms with van der Waals surface area (Å²) in [5.74, 6) is 5.85. The number of rotatable bonds is 4. The van der Waals surface area contributed by atoms with Crippen LogP contribution in [0.3, 0.4) is 0 Å². The maximum atomic E-state index is 13.2. The van der Waals surface area contributed by atoms with Crippen LogP contribution in [0, 0.1) is 11.8 Å². The lowest BCUT2D eigenvalue weighted by Crippen LogP contribution is -2.29. The molecule has 0 fully saturated rings. The minimum absolute atomic E-state index is 0.0388. The third kappa shape index (κ3) is 4.52. The van der Waals surface area contributed by atoms with Crippen molar-refractivity contribution in [3.8, 4) is 17.5 Å². The van der Waals surface area contributed by atoms with Gasteiger partial charge in [0.05, 0.1) is 17.2 Å². The van der Waals surface area contributed by atoms with Crippen LogP contribution in [-0.2, 0) is 6.54 Å². The lowest BCUT2D eigenvalue weighted by Gasteiger charge is -2.13. The van der Waals surface area contributed by atoms with E-state index in [4.69, 9.17) is 0 Å². The van der Waals surface area contributed by atoms with Gasteiger partial charge in [-0.05, 0) is 42.0 Å². The van der Waals surface area contributed by atoms with Gasteiger partial charge in [0, 0.05) is 41.9 Å². The van der Waals surface area contributed by atoms with Crippen LogP contribution in [0.25, 0.3) is 27.9 Å². The molecule has 182 valence electrons. The lowest BCUT2D eigenvalue weighted by atomic mass is 10.1. The minimum atomic E-state index is -0.448. The summed E-state index contributed by atoms with van der Waals surface area (Å²) in [6, 6.07) is 22.3. The molecule has 0 unspecified atom stereocenters. The zero-order valence-corrected chi connectivity index (χ0v) is 20.1. The van der Waals surface area contributed by atoms with E-state index in [2.05, 4.69) is 37.1 Å². The van der Waals surface area contributed by atoms with Gasteiger partial charge in [0.1, 0.15) is 11.2 Å². The molecule has 1 amide bonds. The van der Waals surface area contributed by atoms with Gasteiger partial charge >= 0.3 is 0 Å². The first-order chi connectivity index (χ1) is 18.7. The van der Waals surface area contributed by atoms with E-state index < -0.39 is 5.91 Å². The second-order valence-corrected chi connectivity index (χ2v) is 8.58. The highest BCUT2D eigenvalue weighted by Crippen LogP contribution is 2.17. The van der Waals surface area contributed by atoms with Crippen LogP contribution in [-0.4, -0.2) is 30.4 Å². The highest BCUT2D eigenvalue weighted by atomic mass is 16.2. The summed E-state index contributed by atoms with van der Waals surface area (Å²) < 4.78 is 1.75. The Balaban J connectivity index is 1.37. The van der Waals surface area contributed by atoms with Gasteiger partial charge in [0.25, 0.3) is 5.91 Å². The van der Waals surface area contributed by atoms with Crippen molar-refractivity contribution < 1.29 is 4.79 Å². The molecule has 6 aromatic rings. The Morgan fingerprint density at radius 2 is 1.79 bits per heavy atom. The third-order valence-electron chi connectivity index (χ3n) is 6.05. The number of hydrogen-bond acceptors (Lipinski definition) is 5. The summed E-state index contributed by atoms with van der Waals surface area (Å²) >= 11 is 0. The van der Waals surface area contributed by atoms with Crippen LogP contribution in [0.15, 0.2) is 103 Å². The molecule has 0 radical (unpaired) electrons. The van der Waals surface area contributed by atoms with E-state index in [1.54, 1.807) is 41.6 Å². The average molecular weight is 497 g/mol. The van der Waals surface area contributed by atoms with E-state index in [9.17, 15) is 9.59 Å². The first kappa shape index (κ1) is 22.9. The van der Waals surface area contributed by atoms with Crippen molar-refractivity contribution in [1.29, 1.82) is 0 Å². The zero-order valence-electron chi connectivity index (χ0n) is 20.1. The molecule has 4 heterocycles. The zero-order chi connectivity index (χ0) is 25.9. The maximum Gasteiger partial charge on any atom is 0.257 e. The van der Waals surface area contributed by atoms with Crippen molar-refractivity contribution in [2.75, 3.05) is 0 Å². The fourth-order valence-electron chi connectivity index (χ4n) is 4.17. The van der Waals surface area contributed by atoms with Crippen molar-refractivity contribution in [3.05, 3.63) is 130 Å². The molecule has 0 saturated carbocycles. The Morgan fingerprint density at radius 3 is 2.68 bits per heavy atom. The Bertz CT molecular complexity index is 1930. The van der Waals surface area contributed by atoms with E-state index in [1.807, 2.05) is 60.7 Å². The molecule has 0 saturated heterocycles. The summed E-state index contributed by atoms with van der Waals surface area (Å²) in [6.45, 7) is 0.314. The highest BCUT2D eigenvalue weighted by Gasteiger charge is 2.17. The van der Waals surface area contributed by atoms with Crippen LogP contribution in [0.4, 0.5) is 0 Å². The lowest BCUT2D eigenvalue weighted by molar-refractivity contribution is 0.0949. The van der Waals surface area contributed by atoms with Crippen LogP contribution >= 0.6 is 0 Å². The third-order valence-corrected chi connectivity index (χ3v) is 6.05. The Morgan fingerprint density at radius 1 is 0.921 bits per heavy atom. The molecule has 0 aliphatic heterocycles. The maximum absolute atomic E-state index is 13.2. The number of nitrogens with zero attached hydrogens (tertiary/aromatic N) is 4. The van der Waals surface area contributed by atoms with Gasteiger partial charge in [-0.15, -0.1) is 0 Å². The van der Waals surface area contributed by atoms with Crippen LogP contribution in [0.2, 0.25) is 0 Å². The quantitative estimate of drug-likeness (QED) is 0.359. The average Bonchev–Trinajstić information content (AvgIpc) is 3.44. The summed E-state index contributed by atoms with van der Waals surface area (Å²) in [7, 11) is 0. The Labute approximate surface area is 217 Å². The topological polar surface area (TPSA) is 106 Å². The second kappa shape index (κ2) is 9.84. The SMILES string of the molecule is O=C(NCc1ccccc1)c1cn(-c2cccc(C#Cc3cnc4nc[nH]c4c3)c2)c2ncccc2c1=O. The first-order valence-corrected chi connectivity index (χ1v) is 11.9. The fraction of sp³-hybridized carbons (Fsp3) is 0.0333. The molecule has 0 aliphatic carbocycles. The van der Waals surface area contributed by atoms with E-state index in [-0.39, 0.29) is 11.0 Å². The Kier molecular flexibility index (Phi) is 5.92. The van der Waals surface area contributed by atoms with Crippen molar-refractivity contribution in [2.24, 2.45) is 0 Å². The molecular weight excluding hydrogens is 476 g/mol. The molecule has 8 heteroatoms. The molecule has 0 atom stereocenters. The molecule has 0 spiro atoms. The molecule has 0 aliphatic rings. The molecular formula is C30H20N6O2. The number of aromatic nitrogens is 5. The number of benzene rings is 2. The number of fused-ring (bicyclic) bond motifs is 2. The Hall–Kier alpha value is -5.55. The van der Waals surface area contributed by atoms with E-state index in [0.717, 1.165) is 27.9 Å². The molecule has 0 bridgehead atoms. The van der Waals surface area contributed by atoms with Crippen LogP contribution in [0.1, 0.15) is 27.0 Å². The van der Waals surface area contributed by atoms with Gasteiger partial charge in [0.2, 0.25) is 5.43 Å². The smallest absolute Gasteiger partial charge is 0.257 e. The van der Waals surface area contributed by atoms with Crippen LogP contribution in [0.5, 0.6) is 0 Å². The number of nitrogens with one attached hydrogen (secondary N) is 2. The summed E-state index contributed by atoms with van der Waals surface area (Å²) in [5.41, 5.74) is 4.75. The molecule has 6 rings (SSSR count). The largest absolute Gasteiger partial charge is 0.348 e. The van der Waals surface area contributed by atoms with Gasteiger partial charge in [-0.2, -0.15) is 0 Å². The van der Waals surface area contributed by atoms with Crippen molar-refractivity contribution in [3.63, 3.8) is 0 Å². The number of aromatic amines is 1. The first-order valence-electron chi connectivity index (χ1n) is 11.9. The molecule has 38 heavy (non-hydrogen) atoms. The standard InChI is InChI=1S/C30H20N6O2/c37-27-24-10-5-13-31-29(24)36(18-25(27)30(38)33-16-21-6-2-1-3-7-21)23-9-4-8-20(14-23)11-12-22-15-26-28(32-17-22)35-19-34-26/h1-10,13-15,17-19H,16H2,(H,33,38)(H,32,34,35). The van der Waals surface area contributed by atoms with E-state index >= 15 is 0 Å². The van der Waals surface area contributed by atoms with E-state index in [0.29, 0.717) is 23.2 Å². The highest BCUT2D eigenvalue weighted by molar-refractivity contribution is 5.97. The number of carbonyl (C=O) groups is 1. The predicted molar refractivity (Wildman–Crippen MR) is 145 cm³/mol. The molecule has 8 nitrogen and oxygen atoms in total. The van der Waals surface area contributed by atoms with Gasteiger partial charge in [-0.1, -0.05) is 48.2 Å². The molecule has 2 N–H and O–H groups in total. The second-order valence-electron chi connectivity index (χ2n) is 8.58. The molecule has 2 aromatic carbocycles. The summed E-state index contributed by atoms with van der Waals surface area (Å²) in [5, 5.41) is 3.21. The number of amides is 1. The molecule has 4 aromatic heterocycles. The van der Waals surface area contributed by atoms with E-state index in [1.165, 1.54) is 0 Å². The number of imidazole rings is 1. The van der Waals surface area contributed by atoms with Gasteiger partial charge < -0.3 is 14.9 Å². The normalized spacial score (nSPS) is 10.7. The van der Waals surface area contributed by atoms with Crippen molar-refractivity contribution in [1.82, 2.24) is 29.8 Å². The van der Waals surface area contributed by atoms with Crippen molar-refractivity contribution >= 4 is 28.1 Å². The number of H-pyrrole nitrogens is 1. The number of carbonyl (C=O) groups excluding carboxylic acids is 1. The van der Waals surface area contributed by atoms with Gasteiger partial charge in [-0.3, -0.25) is 9.59 Å².